The van der Waals surface area contributed by atoms with Crippen molar-refractivity contribution in [1.29, 1.82) is 0 Å². The summed E-state index contributed by atoms with van der Waals surface area (Å²) in [5.41, 5.74) is 1.47. The number of H-pyrrole nitrogens is 1. The lowest BCUT2D eigenvalue weighted by atomic mass is 10.1. The number of nitrogens with zero attached hydrogens (tertiary/aromatic N) is 2. The van der Waals surface area contributed by atoms with Gasteiger partial charge in [-0.15, -0.1) is 5.10 Å². The Balaban J connectivity index is 1.76. The van der Waals surface area contributed by atoms with Gasteiger partial charge in [-0.25, -0.2) is 14.6 Å². The summed E-state index contributed by atoms with van der Waals surface area (Å²) < 4.78 is 11.2. The molecule has 3 N–H and O–H groups in total. The maximum Gasteiger partial charge on any atom is 0.342 e. The fourth-order valence-corrected chi connectivity index (χ4v) is 3.63. The molecule has 0 atom stereocenters. The number of thioether (sulfide) groups is 1. The summed E-state index contributed by atoms with van der Waals surface area (Å²) in [7, 11) is 1.48. The molecule has 9 nitrogen and oxygen atoms in total. The van der Waals surface area contributed by atoms with E-state index in [2.05, 4.69) is 15.2 Å². The van der Waals surface area contributed by atoms with Gasteiger partial charge in [0.15, 0.2) is 11.5 Å². The summed E-state index contributed by atoms with van der Waals surface area (Å²) in [6, 6.07) is 11.5. The van der Waals surface area contributed by atoms with Crippen LogP contribution in [0.3, 0.4) is 0 Å². The van der Waals surface area contributed by atoms with Crippen LogP contribution in [0, 0.1) is 0 Å². The second-order valence-corrected chi connectivity index (χ2v) is 7.94. The van der Waals surface area contributed by atoms with Crippen LogP contribution in [0.5, 0.6) is 11.5 Å². The number of aryl methyl sites for hydroxylation is 1. The summed E-state index contributed by atoms with van der Waals surface area (Å²) in [4.78, 5) is 27.2. The van der Waals surface area contributed by atoms with Gasteiger partial charge in [-0.05, 0) is 59.7 Å². The molecule has 0 amide bonds. The van der Waals surface area contributed by atoms with Crippen molar-refractivity contribution >= 4 is 29.8 Å². The number of aromatic nitrogens is 3. The monoisotopic (exact) mass is 469 g/mol. The van der Waals surface area contributed by atoms with E-state index in [1.165, 1.54) is 25.3 Å². The Bertz CT molecular complexity index is 1170. The third kappa shape index (κ3) is 6.59. The number of hydrogen-bond acceptors (Lipinski definition) is 7. The number of hydrogen-bond donors (Lipinski definition) is 3. The highest BCUT2D eigenvalue weighted by atomic mass is 32.2. The van der Waals surface area contributed by atoms with Crippen molar-refractivity contribution in [3.05, 3.63) is 69.9 Å². The van der Waals surface area contributed by atoms with Crippen molar-refractivity contribution in [3.8, 4) is 11.5 Å². The highest BCUT2D eigenvalue weighted by Crippen LogP contribution is 2.32. The predicted octanol–water partition coefficient (Wildman–Crippen LogP) is 4.26. The first-order valence-electron chi connectivity index (χ1n) is 10.1. The largest absolute Gasteiger partial charge is 0.493 e. The molecule has 0 saturated carbocycles. The molecule has 33 heavy (non-hydrogen) atoms. The van der Waals surface area contributed by atoms with Gasteiger partial charge in [0.25, 0.3) is 0 Å². The first kappa shape index (κ1) is 23.9. The van der Waals surface area contributed by atoms with Gasteiger partial charge in [0.1, 0.15) is 17.3 Å². The van der Waals surface area contributed by atoms with E-state index in [0.29, 0.717) is 33.6 Å². The highest BCUT2D eigenvalue weighted by molar-refractivity contribution is 8.04. The Morgan fingerprint density at radius 2 is 1.97 bits per heavy atom. The molecule has 172 valence electrons. The first-order chi connectivity index (χ1) is 15.9. The third-order valence-electron chi connectivity index (χ3n) is 4.46. The summed E-state index contributed by atoms with van der Waals surface area (Å²) in [5.74, 6) is -0.542. The van der Waals surface area contributed by atoms with E-state index in [1.807, 2.05) is 6.92 Å². The van der Waals surface area contributed by atoms with Crippen molar-refractivity contribution in [2.24, 2.45) is 0 Å². The molecule has 0 unspecified atom stereocenters. The number of carbonyl (C=O) groups is 2. The predicted molar refractivity (Wildman–Crippen MR) is 123 cm³/mol. The van der Waals surface area contributed by atoms with Crippen LogP contribution in [0.15, 0.2) is 52.5 Å². The Hall–Kier alpha value is -3.79. The van der Waals surface area contributed by atoms with Crippen LogP contribution in [0.25, 0.3) is 6.08 Å². The van der Waals surface area contributed by atoms with Gasteiger partial charge in [-0.2, -0.15) is 0 Å². The van der Waals surface area contributed by atoms with E-state index in [-0.39, 0.29) is 17.1 Å². The van der Waals surface area contributed by atoms with Gasteiger partial charge in [0, 0.05) is 6.42 Å². The van der Waals surface area contributed by atoms with E-state index in [1.54, 1.807) is 30.3 Å². The summed E-state index contributed by atoms with van der Waals surface area (Å²) in [6.45, 7) is 2.17. The topological polar surface area (TPSA) is 135 Å². The molecule has 0 aliphatic rings. The lowest BCUT2D eigenvalue weighted by molar-refractivity contribution is -0.131. The SMILES string of the molecule is CCCc1nc(S/C(=C\c2ccc(OCc3cccc(C(=O)O)c3)c(OC)c2)C(=O)O)n[nH]1. The van der Waals surface area contributed by atoms with Crippen LogP contribution in [-0.4, -0.2) is 44.4 Å². The van der Waals surface area contributed by atoms with Crippen LogP contribution in [0.1, 0.15) is 40.7 Å². The lowest BCUT2D eigenvalue weighted by Gasteiger charge is -2.12. The first-order valence-corrected chi connectivity index (χ1v) is 10.9. The quantitative estimate of drug-likeness (QED) is 0.278. The molecule has 1 heterocycles. The van der Waals surface area contributed by atoms with Gasteiger partial charge in [0.05, 0.1) is 12.7 Å². The molecule has 0 radical (unpaired) electrons. The van der Waals surface area contributed by atoms with Gasteiger partial charge in [-0.3, -0.25) is 5.10 Å². The van der Waals surface area contributed by atoms with Crippen LogP contribution < -0.4 is 9.47 Å². The molecule has 0 aliphatic carbocycles. The zero-order chi connectivity index (χ0) is 23.8. The second kappa shape index (κ2) is 11.2. The maximum absolute atomic E-state index is 11.7. The zero-order valence-corrected chi connectivity index (χ0v) is 18.9. The molecule has 2 aromatic carbocycles. The Labute approximate surface area is 194 Å². The maximum atomic E-state index is 11.7. The average molecular weight is 470 g/mol. The molecule has 10 heteroatoms. The molecule has 0 fully saturated rings. The molecule has 1 aromatic heterocycles. The normalized spacial score (nSPS) is 11.3. The fraction of sp³-hybridized carbons (Fsp3) is 0.217. The minimum Gasteiger partial charge on any atom is -0.493 e. The van der Waals surface area contributed by atoms with Crippen LogP contribution in [-0.2, 0) is 17.8 Å². The molecule has 0 bridgehead atoms. The number of ether oxygens (including phenoxy) is 2. The summed E-state index contributed by atoms with van der Waals surface area (Å²) in [6.07, 6.45) is 3.14. The van der Waals surface area contributed by atoms with Crippen molar-refractivity contribution in [2.45, 2.75) is 31.5 Å². The summed E-state index contributed by atoms with van der Waals surface area (Å²) in [5, 5.41) is 25.9. The second-order valence-electron chi connectivity index (χ2n) is 6.93. The minimum atomic E-state index is -1.10. The van der Waals surface area contributed by atoms with Gasteiger partial charge >= 0.3 is 11.9 Å². The standard InChI is InChI=1S/C23H23N3O6S/c1-3-5-20-24-23(26-25-20)33-19(22(29)30)12-14-8-9-17(18(11-14)31-2)32-13-15-6-4-7-16(10-15)21(27)28/h4,6-12H,3,5,13H2,1-2H3,(H,27,28)(H,29,30)(H,24,25,26)/b19-12-. The fourth-order valence-electron chi connectivity index (χ4n) is 2.91. The Morgan fingerprint density at radius 1 is 1.15 bits per heavy atom. The average Bonchev–Trinajstić information content (AvgIpc) is 3.25. The number of aromatic carboxylic acids is 1. The molecule has 3 rings (SSSR count). The van der Waals surface area contributed by atoms with Crippen LogP contribution in [0.2, 0.25) is 0 Å². The highest BCUT2D eigenvalue weighted by Gasteiger charge is 2.15. The number of methoxy groups -OCH3 is 1. The summed E-state index contributed by atoms with van der Waals surface area (Å²) >= 11 is 0.955. The minimum absolute atomic E-state index is 0.0539. The smallest absolute Gasteiger partial charge is 0.342 e. The molecular formula is C23H23N3O6S. The lowest BCUT2D eigenvalue weighted by Crippen LogP contribution is -2.01. The van der Waals surface area contributed by atoms with Crippen molar-refractivity contribution in [2.75, 3.05) is 7.11 Å². The molecule has 0 spiro atoms. The van der Waals surface area contributed by atoms with Crippen molar-refractivity contribution in [1.82, 2.24) is 15.2 Å². The van der Waals surface area contributed by atoms with Crippen molar-refractivity contribution in [3.63, 3.8) is 0 Å². The Morgan fingerprint density at radius 3 is 2.67 bits per heavy atom. The molecule has 0 aliphatic heterocycles. The molecule has 3 aromatic rings. The van der Waals surface area contributed by atoms with Crippen LogP contribution >= 0.6 is 11.8 Å². The van der Waals surface area contributed by atoms with Crippen LogP contribution in [0.4, 0.5) is 0 Å². The number of nitrogens with one attached hydrogen (secondary N) is 1. The number of aromatic amines is 1. The Kier molecular flexibility index (Phi) is 8.09. The van der Waals surface area contributed by atoms with E-state index < -0.39 is 11.9 Å². The van der Waals surface area contributed by atoms with Gasteiger partial charge < -0.3 is 19.7 Å². The molecule has 0 saturated heterocycles. The van der Waals surface area contributed by atoms with Gasteiger partial charge in [0.2, 0.25) is 5.16 Å². The van der Waals surface area contributed by atoms with E-state index in [0.717, 1.165) is 24.6 Å². The number of rotatable bonds is 11. The number of carboxylic acid groups (broad SMARTS) is 2. The third-order valence-corrected chi connectivity index (χ3v) is 5.34. The number of benzene rings is 2. The van der Waals surface area contributed by atoms with E-state index in [4.69, 9.17) is 14.6 Å². The van der Waals surface area contributed by atoms with Gasteiger partial charge in [-0.1, -0.05) is 25.1 Å². The van der Waals surface area contributed by atoms with E-state index >= 15 is 0 Å². The number of aliphatic carboxylic acids is 1. The van der Waals surface area contributed by atoms with Crippen molar-refractivity contribution < 1.29 is 29.3 Å². The molecular weight excluding hydrogens is 446 g/mol. The van der Waals surface area contributed by atoms with E-state index in [9.17, 15) is 14.7 Å². The zero-order valence-electron chi connectivity index (χ0n) is 18.1. The number of carboxylic acids is 2.